The molecule has 5 rings (SSSR count). The maximum atomic E-state index is 11.3. The molecular formula is C23H15I2N3O. The molecule has 0 aliphatic carbocycles. The molecule has 0 fully saturated rings. The predicted octanol–water partition coefficient (Wildman–Crippen LogP) is 6.70. The average molecular weight is 603 g/mol. The van der Waals surface area contributed by atoms with Crippen molar-refractivity contribution in [3.05, 3.63) is 67.8 Å². The molecule has 29 heavy (non-hydrogen) atoms. The molecule has 4 nitrogen and oxygen atoms in total. The number of rotatable bonds is 2. The Hall–Kier alpha value is -2.20. The summed E-state index contributed by atoms with van der Waals surface area (Å²) in [6.45, 7) is 1.51. The van der Waals surface area contributed by atoms with Gasteiger partial charge in [-0.1, -0.05) is 12.1 Å². The molecule has 2 N–H and O–H groups in total. The van der Waals surface area contributed by atoms with Crippen molar-refractivity contribution in [3.8, 4) is 11.4 Å². The van der Waals surface area contributed by atoms with Crippen LogP contribution >= 0.6 is 45.2 Å². The van der Waals surface area contributed by atoms with Crippen LogP contribution in [0.2, 0.25) is 0 Å². The van der Waals surface area contributed by atoms with Gasteiger partial charge in [-0.3, -0.25) is 4.79 Å². The minimum absolute atomic E-state index is 0.0800. The summed E-state index contributed by atoms with van der Waals surface area (Å²) in [4.78, 5) is 19.8. The Balaban J connectivity index is 1.78. The van der Waals surface area contributed by atoms with E-state index in [2.05, 4.69) is 91.9 Å². The Kier molecular flexibility index (Phi) is 4.70. The first-order valence-electron chi connectivity index (χ1n) is 9.08. The average Bonchev–Trinajstić information content (AvgIpc) is 3.14. The van der Waals surface area contributed by atoms with Crippen molar-refractivity contribution in [2.45, 2.75) is 6.92 Å². The number of carbonyl (C=O) groups is 1. The maximum Gasteiger partial charge on any atom is 0.221 e. The van der Waals surface area contributed by atoms with E-state index in [1.54, 1.807) is 0 Å². The number of H-pyrrole nitrogens is 1. The fourth-order valence-corrected chi connectivity index (χ4v) is 4.70. The highest BCUT2D eigenvalue weighted by Gasteiger charge is 2.14. The highest BCUT2D eigenvalue weighted by atomic mass is 127. The number of imidazole rings is 1. The second-order valence-electron chi connectivity index (χ2n) is 6.95. The highest BCUT2D eigenvalue weighted by molar-refractivity contribution is 14.1. The van der Waals surface area contributed by atoms with Gasteiger partial charge in [0.2, 0.25) is 5.91 Å². The van der Waals surface area contributed by atoms with Crippen LogP contribution in [0.3, 0.4) is 0 Å². The number of hydrogen-bond donors (Lipinski definition) is 2. The van der Waals surface area contributed by atoms with Crippen LogP contribution in [0.1, 0.15) is 6.92 Å². The van der Waals surface area contributed by atoms with Crippen LogP contribution in [0, 0.1) is 7.14 Å². The lowest BCUT2D eigenvalue weighted by Gasteiger charge is -2.07. The summed E-state index contributed by atoms with van der Waals surface area (Å²) in [5, 5.41) is 7.56. The SMILES string of the molecule is CC(=O)Nc1ccc(-c2nc3c4cc(I)ccc4c4ccc(I)cc4c3[nH]2)cc1. The van der Waals surface area contributed by atoms with Gasteiger partial charge in [0.25, 0.3) is 0 Å². The van der Waals surface area contributed by atoms with Gasteiger partial charge >= 0.3 is 0 Å². The van der Waals surface area contributed by atoms with Crippen molar-refractivity contribution in [2.24, 2.45) is 0 Å². The third-order valence-corrected chi connectivity index (χ3v) is 6.30. The van der Waals surface area contributed by atoms with Crippen molar-refractivity contribution in [3.63, 3.8) is 0 Å². The van der Waals surface area contributed by atoms with Gasteiger partial charge in [0.05, 0.1) is 11.0 Å². The number of carbonyl (C=O) groups excluding carboxylic acids is 1. The lowest BCUT2D eigenvalue weighted by molar-refractivity contribution is -0.114. The molecule has 4 aromatic carbocycles. The molecule has 1 amide bonds. The Morgan fingerprint density at radius 1 is 0.862 bits per heavy atom. The molecule has 142 valence electrons. The zero-order valence-electron chi connectivity index (χ0n) is 15.4. The van der Waals surface area contributed by atoms with Gasteiger partial charge in [-0.05, 0) is 104 Å². The number of nitrogens with one attached hydrogen (secondary N) is 2. The molecule has 0 atom stereocenters. The van der Waals surface area contributed by atoms with Crippen LogP contribution in [0.4, 0.5) is 5.69 Å². The standard InChI is InChI=1S/C23H15I2N3O/c1-12(29)26-16-6-2-13(3-7-16)23-27-21-19-10-14(24)4-8-17(19)18-9-5-15(25)11-20(18)22(21)28-23/h2-11H,1H3,(H,26,29)(H,27,28). The summed E-state index contributed by atoms with van der Waals surface area (Å²) in [7, 11) is 0. The fourth-order valence-electron chi connectivity index (χ4n) is 3.72. The van der Waals surface area contributed by atoms with Crippen LogP contribution < -0.4 is 5.32 Å². The number of hydrogen-bond acceptors (Lipinski definition) is 2. The van der Waals surface area contributed by atoms with Crippen molar-refractivity contribution in [2.75, 3.05) is 5.32 Å². The van der Waals surface area contributed by atoms with E-state index in [9.17, 15) is 4.79 Å². The van der Waals surface area contributed by atoms with E-state index >= 15 is 0 Å². The van der Waals surface area contributed by atoms with Crippen LogP contribution in [-0.2, 0) is 4.79 Å². The molecule has 0 saturated carbocycles. The number of aromatic nitrogens is 2. The van der Waals surface area contributed by atoms with Crippen LogP contribution in [-0.4, -0.2) is 15.9 Å². The summed E-state index contributed by atoms with van der Waals surface area (Å²) in [6.07, 6.45) is 0. The first kappa shape index (κ1) is 18.8. The van der Waals surface area contributed by atoms with E-state index < -0.39 is 0 Å². The van der Waals surface area contributed by atoms with Crippen LogP contribution in [0.5, 0.6) is 0 Å². The third-order valence-electron chi connectivity index (χ3n) is 4.96. The summed E-state index contributed by atoms with van der Waals surface area (Å²) < 4.78 is 2.38. The van der Waals surface area contributed by atoms with Crippen molar-refractivity contribution in [1.82, 2.24) is 9.97 Å². The Labute approximate surface area is 194 Å². The smallest absolute Gasteiger partial charge is 0.221 e. The second kappa shape index (κ2) is 7.24. The number of nitrogens with zero attached hydrogens (tertiary/aromatic N) is 1. The van der Waals surface area contributed by atoms with Gasteiger partial charge in [0.15, 0.2) is 0 Å². The molecule has 0 aliphatic rings. The summed E-state index contributed by atoms with van der Waals surface area (Å²) >= 11 is 4.70. The zero-order valence-corrected chi connectivity index (χ0v) is 19.7. The quantitative estimate of drug-likeness (QED) is 0.174. The molecule has 0 aliphatic heterocycles. The van der Waals surface area contributed by atoms with Gasteiger partial charge in [-0.2, -0.15) is 0 Å². The number of halogens is 2. The zero-order chi connectivity index (χ0) is 20.1. The van der Waals surface area contributed by atoms with E-state index in [0.717, 1.165) is 33.5 Å². The topological polar surface area (TPSA) is 57.8 Å². The molecule has 6 heteroatoms. The van der Waals surface area contributed by atoms with Gasteiger partial charge in [0, 0.05) is 36.1 Å². The first-order chi connectivity index (χ1) is 14.0. The fraction of sp³-hybridized carbons (Fsp3) is 0.0435. The normalized spacial score (nSPS) is 11.4. The van der Waals surface area contributed by atoms with Crippen molar-refractivity contribution < 1.29 is 4.79 Å². The second-order valence-corrected chi connectivity index (χ2v) is 9.44. The van der Waals surface area contributed by atoms with Gasteiger partial charge in [0.1, 0.15) is 5.82 Å². The number of fused-ring (bicyclic) bond motifs is 6. The molecule has 0 unspecified atom stereocenters. The lowest BCUT2D eigenvalue weighted by atomic mass is 10.0. The lowest BCUT2D eigenvalue weighted by Crippen LogP contribution is -2.05. The molecular weight excluding hydrogens is 588 g/mol. The molecule has 1 heterocycles. The minimum atomic E-state index is -0.0800. The number of benzene rings is 4. The Morgan fingerprint density at radius 2 is 1.48 bits per heavy atom. The molecule has 0 spiro atoms. The van der Waals surface area contributed by atoms with Gasteiger partial charge in [-0.25, -0.2) is 4.98 Å². The Bertz CT molecular complexity index is 1340. The number of amides is 1. The molecule has 0 saturated heterocycles. The van der Waals surface area contributed by atoms with Crippen LogP contribution in [0.25, 0.3) is 44.0 Å². The first-order valence-corrected chi connectivity index (χ1v) is 11.2. The summed E-state index contributed by atoms with van der Waals surface area (Å²) in [6, 6.07) is 20.8. The summed E-state index contributed by atoms with van der Waals surface area (Å²) in [5.74, 6) is 0.740. The Morgan fingerprint density at radius 3 is 2.14 bits per heavy atom. The molecule has 0 radical (unpaired) electrons. The predicted molar refractivity (Wildman–Crippen MR) is 136 cm³/mol. The molecule has 5 aromatic rings. The maximum absolute atomic E-state index is 11.3. The minimum Gasteiger partial charge on any atom is -0.337 e. The summed E-state index contributed by atoms with van der Waals surface area (Å²) in [5.41, 5.74) is 3.79. The van der Waals surface area contributed by atoms with Crippen molar-refractivity contribution in [1.29, 1.82) is 0 Å². The van der Waals surface area contributed by atoms with E-state index in [1.165, 1.54) is 30.2 Å². The van der Waals surface area contributed by atoms with Crippen molar-refractivity contribution >= 4 is 89.4 Å². The third kappa shape index (κ3) is 3.38. The largest absolute Gasteiger partial charge is 0.337 e. The van der Waals surface area contributed by atoms with Gasteiger partial charge in [-0.15, -0.1) is 0 Å². The monoisotopic (exact) mass is 603 g/mol. The van der Waals surface area contributed by atoms with E-state index in [0.29, 0.717) is 0 Å². The van der Waals surface area contributed by atoms with E-state index in [1.807, 2.05) is 24.3 Å². The van der Waals surface area contributed by atoms with E-state index in [4.69, 9.17) is 4.98 Å². The molecule has 0 bridgehead atoms. The highest BCUT2D eigenvalue weighted by Crippen LogP contribution is 2.36. The number of aromatic amines is 1. The van der Waals surface area contributed by atoms with Gasteiger partial charge < -0.3 is 10.3 Å². The molecule has 1 aromatic heterocycles. The number of anilines is 1. The van der Waals surface area contributed by atoms with E-state index in [-0.39, 0.29) is 5.91 Å². The van der Waals surface area contributed by atoms with Crippen LogP contribution in [0.15, 0.2) is 60.7 Å².